The van der Waals surface area contributed by atoms with Crippen LogP contribution in [0.2, 0.25) is 5.02 Å². The third-order valence-corrected chi connectivity index (χ3v) is 6.86. The SMILES string of the molecule is Cc1ccc(-c2c3cccccc-3c(C(=O)O)c2-c2ccc(S(C)(=O)=O)cc2)cc1Cl. The van der Waals surface area contributed by atoms with Crippen LogP contribution in [0.5, 0.6) is 0 Å². The van der Waals surface area contributed by atoms with Crippen molar-refractivity contribution in [1.82, 2.24) is 0 Å². The number of aryl methyl sites for hydroxylation is 1. The van der Waals surface area contributed by atoms with Crippen LogP contribution >= 0.6 is 11.6 Å². The lowest BCUT2D eigenvalue weighted by Gasteiger charge is -2.10. The molecule has 4 rings (SSSR count). The summed E-state index contributed by atoms with van der Waals surface area (Å²) in [5.41, 5.74) is 5.17. The highest BCUT2D eigenvalue weighted by Crippen LogP contribution is 2.48. The van der Waals surface area contributed by atoms with Crippen LogP contribution in [0.15, 0.2) is 77.7 Å². The molecule has 2 aromatic rings. The Kier molecular flexibility index (Phi) is 5.33. The third-order valence-electron chi connectivity index (χ3n) is 5.32. The second kappa shape index (κ2) is 7.84. The van der Waals surface area contributed by atoms with Gasteiger partial charge in [0, 0.05) is 16.8 Å². The van der Waals surface area contributed by atoms with E-state index in [1.807, 2.05) is 43.3 Å². The molecule has 0 amide bonds. The minimum atomic E-state index is -3.37. The van der Waals surface area contributed by atoms with Gasteiger partial charge in [0.1, 0.15) is 0 Å². The summed E-state index contributed by atoms with van der Waals surface area (Å²) in [7, 11) is -3.37. The van der Waals surface area contributed by atoms with E-state index in [1.54, 1.807) is 24.3 Å². The van der Waals surface area contributed by atoms with Crippen molar-refractivity contribution in [3.05, 3.63) is 88.9 Å². The number of carboxylic acids is 1. The zero-order chi connectivity index (χ0) is 22.3. The predicted octanol–water partition coefficient (Wildman–Crippen LogP) is 6.19. The fourth-order valence-corrected chi connectivity index (χ4v) is 4.62. The Balaban J connectivity index is 2.12. The highest BCUT2D eigenvalue weighted by Gasteiger charge is 2.28. The number of hydrogen-bond donors (Lipinski definition) is 1. The van der Waals surface area contributed by atoms with Crippen molar-refractivity contribution in [3.8, 4) is 33.4 Å². The molecule has 2 aromatic carbocycles. The van der Waals surface area contributed by atoms with E-state index in [4.69, 9.17) is 11.6 Å². The van der Waals surface area contributed by atoms with Crippen molar-refractivity contribution < 1.29 is 18.3 Å². The first-order valence-corrected chi connectivity index (χ1v) is 11.8. The van der Waals surface area contributed by atoms with Crippen LogP contribution in [0, 0.1) is 6.92 Å². The Morgan fingerprint density at radius 1 is 0.839 bits per heavy atom. The van der Waals surface area contributed by atoms with Gasteiger partial charge in [0.25, 0.3) is 0 Å². The van der Waals surface area contributed by atoms with Gasteiger partial charge in [-0.3, -0.25) is 0 Å². The molecule has 0 heterocycles. The molecule has 0 saturated heterocycles. The molecule has 0 fully saturated rings. The van der Waals surface area contributed by atoms with Gasteiger partial charge in [0.15, 0.2) is 9.84 Å². The van der Waals surface area contributed by atoms with E-state index in [0.29, 0.717) is 21.7 Å². The zero-order valence-corrected chi connectivity index (χ0v) is 18.5. The van der Waals surface area contributed by atoms with E-state index in [1.165, 1.54) is 12.1 Å². The van der Waals surface area contributed by atoms with Gasteiger partial charge in [-0.05, 0) is 58.5 Å². The lowest BCUT2D eigenvalue weighted by molar-refractivity contribution is 0.0699. The Hall–Kier alpha value is -3.15. The first-order chi connectivity index (χ1) is 14.7. The molecular formula is C25H19ClO4S. The van der Waals surface area contributed by atoms with Gasteiger partial charge in [-0.15, -0.1) is 0 Å². The minimum absolute atomic E-state index is 0.171. The van der Waals surface area contributed by atoms with Crippen molar-refractivity contribution in [3.63, 3.8) is 0 Å². The van der Waals surface area contributed by atoms with Crippen molar-refractivity contribution in [2.24, 2.45) is 0 Å². The Bertz CT molecular complexity index is 1390. The van der Waals surface area contributed by atoms with E-state index in [2.05, 4.69) is 0 Å². The number of carbonyl (C=O) groups is 1. The van der Waals surface area contributed by atoms with Gasteiger partial charge in [-0.25, -0.2) is 13.2 Å². The van der Waals surface area contributed by atoms with Crippen LogP contribution in [-0.2, 0) is 9.84 Å². The number of benzene rings is 2. The second-order valence-electron chi connectivity index (χ2n) is 7.43. The monoisotopic (exact) mass is 450 g/mol. The van der Waals surface area contributed by atoms with Gasteiger partial charge < -0.3 is 5.11 Å². The molecule has 0 unspecified atom stereocenters. The van der Waals surface area contributed by atoms with E-state index < -0.39 is 15.8 Å². The average molecular weight is 451 g/mol. The van der Waals surface area contributed by atoms with Crippen molar-refractivity contribution in [2.75, 3.05) is 6.26 Å². The third kappa shape index (κ3) is 3.82. The maximum Gasteiger partial charge on any atom is 0.336 e. The molecule has 4 nitrogen and oxygen atoms in total. The van der Waals surface area contributed by atoms with Crippen LogP contribution in [0.4, 0.5) is 0 Å². The second-order valence-corrected chi connectivity index (χ2v) is 9.85. The van der Waals surface area contributed by atoms with Gasteiger partial charge in [-0.2, -0.15) is 0 Å². The molecule has 0 aromatic heterocycles. The number of sulfone groups is 1. The van der Waals surface area contributed by atoms with Crippen LogP contribution < -0.4 is 0 Å². The first-order valence-electron chi connectivity index (χ1n) is 9.53. The quantitative estimate of drug-likeness (QED) is 0.402. The lowest BCUT2D eigenvalue weighted by Crippen LogP contribution is -1.99. The van der Waals surface area contributed by atoms with E-state index in [9.17, 15) is 18.3 Å². The number of rotatable bonds is 4. The highest BCUT2D eigenvalue weighted by molar-refractivity contribution is 7.90. The maximum absolute atomic E-state index is 12.4. The minimum Gasteiger partial charge on any atom is -0.478 e. The Morgan fingerprint density at radius 3 is 2.03 bits per heavy atom. The molecule has 0 spiro atoms. The van der Waals surface area contributed by atoms with E-state index >= 15 is 0 Å². The first kappa shape index (κ1) is 21.1. The molecule has 0 saturated carbocycles. The summed E-state index contributed by atoms with van der Waals surface area (Å²) in [5, 5.41) is 10.7. The van der Waals surface area contributed by atoms with Gasteiger partial charge in [-0.1, -0.05) is 66.2 Å². The van der Waals surface area contributed by atoms with Gasteiger partial charge in [0.05, 0.1) is 10.5 Å². The molecule has 0 radical (unpaired) electrons. The molecule has 1 N–H and O–H groups in total. The number of fused-ring (bicyclic) bond motifs is 1. The molecule has 31 heavy (non-hydrogen) atoms. The maximum atomic E-state index is 12.4. The molecule has 0 aliphatic heterocycles. The van der Waals surface area contributed by atoms with Crippen LogP contribution in [0.1, 0.15) is 15.9 Å². The molecule has 156 valence electrons. The summed E-state index contributed by atoms with van der Waals surface area (Å²) in [6, 6.07) is 21.1. The number of halogens is 1. The van der Waals surface area contributed by atoms with E-state index in [-0.39, 0.29) is 10.5 Å². The zero-order valence-electron chi connectivity index (χ0n) is 16.9. The molecule has 0 atom stereocenters. The summed E-state index contributed by atoms with van der Waals surface area (Å²) in [4.78, 5) is 12.6. The lowest BCUT2D eigenvalue weighted by atomic mass is 9.95. The predicted molar refractivity (Wildman–Crippen MR) is 124 cm³/mol. The summed E-state index contributed by atoms with van der Waals surface area (Å²) < 4.78 is 23.8. The summed E-state index contributed by atoms with van der Waals surface area (Å²) in [6.45, 7) is 1.91. The van der Waals surface area contributed by atoms with Gasteiger partial charge >= 0.3 is 5.97 Å². The van der Waals surface area contributed by atoms with Crippen LogP contribution in [-0.4, -0.2) is 25.7 Å². The molecule has 2 aliphatic carbocycles. The number of carboxylic acid groups (broad SMARTS) is 1. The van der Waals surface area contributed by atoms with Crippen molar-refractivity contribution in [2.45, 2.75) is 11.8 Å². The fraction of sp³-hybridized carbons (Fsp3) is 0.0800. The largest absolute Gasteiger partial charge is 0.478 e. The smallest absolute Gasteiger partial charge is 0.336 e. The normalized spacial score (nSPS) is 11.6. The fourth-order valence-electron chi connectivity index (χ4n) is 3.81. The van der Waals surface area contributed by atoms with Crippen LogP contribution in [0.25, 0.3) is 33.4 Å². The van der Waals surface area contributed by atoms with Gasteiger partial charge in [0.2, 0.25) is 0 Å². The summed E-state index contributed by atoms with van der Waals surface area (Å²) >= 11 is 6.40. The molecular weight excluding hydrogens is 432 g/mol. The average Bonchev–Trinajstić information content (AvgIpc) is 2.85. The van der Waals surface area contributed by atoms with Crippen molar-refractivity contribution >= 4 is 27.4 Å². The number of hydrogen-bond acceptors (Lipinski definition) is 3. The highest BCUT2D eigenvalue weighted by atomic mass is 35.5. The topological polar surface area (TPSA) is 71.4 Å². The Morgan fingerprint density at radius 2 is 1.45 bits per heavy atom. The van der Waals surface area contributed by atoms with Crippen molar-refractivity contribution in [1.29, 1.82) is 0 Å². The number of aromatic carboxylic acids is 1. The standard InChI is InChI=1S/C25H19ClO4S/c1-15-8-9-17(14-21(15)26)22-19-6-4-3-5-7-20(19)24(25(27)28)23(22)16-10-12-18(13-11-16)31(2,29)30/h3-14H,1-2H3,(H,27,28). The molecule has 6 heteroatoms. The summed E-state index contributed by atoms with van der Waals surface area (Å²) in [5.74, 6) is -1.05. The van der Waals surface area contributed by atoms with E-state index in [0.717, 1.165) is 28.5 Å². The molecule has 0 bridgehead atoms. The summed E-state index contributed by atoms with van der Waals surface area (Å²) in [6.07, 6.45) is 1.14. The Labute approximate surface area is 186 Å². The van der Waals surface area contributed by atoms with Crippen LogP contribution in [0.3, 0.4) is 0 Å². The molecule has 2 aliphatic rings.